The number of nitrogens with one attached hydrogen (secondary N) is 1. The smallest absolute Gasteiger partial charge is 0.416 e. The molecule has 0 aliphatic carbocycles. The number of carbonyl (C=O) groups excluding carboxylic acids is 1. The van der Waals surface area contributed by atoms with Crippen LogP contribution in [0.15, 0.2) is 53.7 Å². The SMILES string of the molecule is Cc1nn(COc2cccc(C(F)(F)F)c2)c(C)c1NC(=O)C1CC(c2ccc(F)cc2)=NO1. The topological polar surface area (TPSA) is 77.7 Å². The molecule has 1 aliphatic heterocycles. The maximum absolute atomic E-state index is 13.1. The lowest BCUT2D eigenvalue weighted by atomic mass is 10.0. The molecule has 1 aromatic heterocycles. The maximum Gasteiger partial charge on any atom is 0.416 e. The lowest BCUT2D eigenvalue weighted by Crippen LogP contribution is -2.28. The third kappa shape index (κ3) is 5.03. The van der Waals surface area contributed by atoms with Crippen molar-refractivity contribution in [3.8, 4) is 5.75 Å². The van der Waals surface area contributed by atoms with Crippen LogP contribution in [0.25, 0.3) is 0 Å². The summed E-state index contributed by atoms with van der Waals surface area (Å²) in [6.45, 7) is 3.22. The van der Waals surface area contributed by atoms with Crippen LogP contribution >= 0.6 is 0 Å². The summed E-state index contributed by atoms with van der Waals surface area (Å²) in [4.78, 5) is 18.0. The highest BCUT2D eigenvalue weighted by Crippen LogP contribution is 2.31. The first-order valence-electron chi connectivity index (χ1n) is 10.3. The molecule has 0 saturated heterocycles. The van der Waals surface area contributed by atoms with E-state index < -0.39 is 23.8 Å². The molecule has 34 heavy (non-hydrogen) atoms. The van der Waals surface area contributed by atoms with Crippen LogP contribution in [0.3, 0.4) is 0 Å². The number of benzene rings is 2. The number of nitrogens with zero attached hydrogens (tertiary/aromatic N) is 3. The predicted molar refractivity (Wildman–Crippen MR) is 115 cm³/mol. The summed E-state index contributed by atoms with van der Waals surface area (Å²) in [5, 5.41) is 11.0. The largest absolute Gasteiger partial charge is 0.471 e. The van der Waals surface area contributed by atoms with Gasteiger partial charge in [-0.1, -0.05) is 23.4 Å². The molecule has 0 spiro atoms. The number of halogens is 4. The van der Waals surface area contributed by atoms with Crippen molar-refractivity contribution in [2.75, 3.05) is 5.32 Å². The predicted octanol–water partition coefficient (Wildman–Crippen LogP) is 4.83. The van der Waals surface area contributed by atoms with Crippen LogP contribution < -0.4 is 10.1 Å². The highest BCUT2D eigenvalue weighted by atomic mass is 19.4. The van der Waals surface area contributed by atoms with E-state index in [1.165, 1.54) is 28.9 Å². The van der Waals surface area contributed by atoms with Gasteiger partial charge in [0.15, 0.2) is 6.73 Å². The van der Waals surface area contributed by atoms with E-state index >= 15 is 0 Å². The van der Waals surface area contributed by atoms with Crippen LogP contribution in [0, 0.1) is 19.7 Å². The van der Waals surface area contributed by atoms with E-state index in [1.807, 2.05) is 0 Å². The Bertz CT molecular complexity index is 1240. The normalized spacial score (nSPS) is 15.6. The van der Waals surface area contributed by atoms with Gasteiger partial charge in [0.1, 0.15) is 11.6 Å². The summed E-state index contributed by atoms with van der Waals surface area (Å²) < 4.78 is 58.7. The van der Waals surface area contributed by atoms with Crippen LogP contribution in [0.2, 0.25) is 0 Å². The van der Waals surface area contributed by atoms with Crippen molar-refractivity contribution in [1.29, 1.82) is 0 Å². The number of anilines is 1. The fraction of sp³-hybridized carbons (Fsp3) is 0.261. The number of hydrogen-bond acceptors (Lipinski definition) is 5. The maximum atomic E-state index is 13.1. The van der Waals surface area contributed by atoms with Gasteiger partial charge in [0.25, 0.3) is 5.91 Å². The number of ether oxygens (including phenoxy) is 1. The Morgan fingerprint density at radius 3 is 2.65 bits per heavy atom. The molecule has 0 radical (unpaired) electrons. The minimum Gasteiger partial charge on any atom is -0.471 e. The molecule has 0 saturated carbocycles. The lowest BCUT2D eigenvalue weighted by Gasteiger charge is -2.12. The summed E-state index contributed by atoms with van der Waals surface area (Å²) in [6, 6.07) is 10.3. The van der Waals surface area contributed by atoms with Crippen molar-refractivity contribution in [2.24, 2.45) is 5.16 Å². The third-order valence-electron chi connectivity index (χ3n) is 5.28. The van der Waals surface area contributed by atoms with Crippen molar-refractivity contribution >= 4 is 17.3 Å². The van der Waals surface area contributed by atoms with Gasteiger partial charge in [-0.25, -0.2) is 9.07 Å². The van der Waals surface area contributed by atoms with E-state index in [9.17, 15) is 22.4 Å². The van der Waals surface area contributed by atoms with E-state index in [0.29, 0.717) is 28.4 Å². The molecule has 2 aromatic carbocycles. The Kier molecular flexibility index (Phi) is 6.27. The van der Waals surface area contributed by atoms with Gasteiger partial charge in [0, 0.05) is 6.42 Å². The minimum absolute atomic E-state index is 0.0396. The molecule has 7 nitrogen and oxygen atoms in total. The van der Waals surface area contributed by atoms with Gasteiger partial charge in [-0.05, 0) is 49.7 Å². The first-order valence-corrected chi connectivity index (χ1v) is 10.3. The number of alkyl halides is 3. The number of oxime groups is 1. The molecule has 2 heterocycles. The fourth-order valence-corrected chi connectivity index (χ4v) is 3.44. The van der Waals surface area contributed by atoms with Crippen molar-refractivity contribution in [2.45, 2.75) is 39.3 Å². The highest BCUT2D eigenvalue weighted by Gasteiger charge is 2.31. The van der Waals surface area contributed by atoms with Gasteiger partial charge >= 0.3 is 6.18 Å². The first-order chi connectivity index (χ1) is 16.1. The van der Waals surface area contributed by atoms with Crippen molar-refractivity contribution < 1.29 is 31.9 Å². The van der Waals surface area contributed by atoms with E-state index in [2.05, 4.69) is 15.6 Å². The molecular weight excluding hydrogens is 456 g/mol. The molecule has 1 amide bonds. The highest BCUT2D eigenvalue weighted by molar-refractivity contribution is 6.06. The zero-order chi connectivity index (χ0) is 24.5. The minimum atomic E-state index is -4.47. The van der Waals surface area contributed by atoms with E-state index in [0.717, 1.165) is 12.1 Å². The van der Waals surface area contributed by atoms with E-state index in [-0.39, 0.29) is 24.7 Å². The zero-order valence-electron chi connectivity index (χ0n) is 18.2. The van der Waals surface area contributed by atoms with Crippen LogP contribution in [-0.2, 0) is 22.5 Å². The van der Waals surface area contributed by atoms with Crippen LogP contribution in [0.4, 0.5) is 23.2 Å². The molecule has 0 bridgehead atoms. The van der Waals surface area contributed by atoms with Crippen molar-refractivity contribution in [3.05, 3.63) is 76.9 Å². The summed E-state index contributed by atoms with van der Waals surface area (Å²) in [7, 11) is 0. The zero-order valence-corrected chi connectivity index (χ0v) is 18.2. The second-order valence-corrected chi connectivity index (χ2v) is 7.68. The molecular formula is C23H20F4N4O3. The van der Waals surface area contributed by atoms with Crippen LogP contribution in [-0.4, -0.2) is 27.5 Å². The lowest BCUT2D eigenvalue weighted by molar-refractivity contribution is -0.137. The Balaban J connectivity index is 1.39. The van der Waals surface area contributed by atoms with Crippen molar-refractivity contribution in [3.63, 3.8) is 0 Å². The Labute approximate surface area is 192 Å². The number of rotatable bonds is 6. The molecule has 3 aromatic rings. The van der Waals surface area contributed by atoms with Gasteiger partial charge in [-0.3, -0.25) is 4.79 Å². The number of carbonyl (C=O) groups is 1. The summed E-state index contributed by atoms with van der Waals surface area (Å²) in [5.74, 6) is -0.777. The van der Waals surface area contributed by atoms with Crippen molar-refractivity contribution in [1.82, 2.24) is 9.78 Å². The third-order valence-corrected chi connectivity index (χ3v) is 5.28. The van der Waals surface area contributed by atoms with Gasteiger partial charge in [-0.15, -0.1) is 0 Å². The van der Waals surface area contributed by atoms with Gasteiger partial charge in [-0.2, -0.15) is 18.3 Å². The van der Waals surface area contributed by atoms with Gasteiger partial charge < -0.3 is 14.9 Å². The summed E-state index contributed by atoms with van der Waals surface area (Å²) in [5.41, 5.74) is 1.86. The molecule has 1 N–H and O–H groups in total. The number of aromatic nitrogens is 2. The number of hydrogen-bond donors (Lipinski definition) is 1. The quantitative estimate of drug-likeness (QED) is 0.518. The van der Waals surface area contributed by atoms with Gasteiger partial charge in [0.2, 0.25) is 6.10 Å². The Hall–Kier alpha value is -3.89. The van der Waals surface area contributed by atoms with Gasteiger partial charge in [0.05, 0.1) is 28.4 Å². The summed E-state index contributed by atoms with van der Waals surface area (Å²) >= 11 is 0. The number of amides is 1. The molecule has 4 rings (SSSR count). The molecule has 1 unspecified atom stereocenters. The van der Waals surface area contributed by atoms with E-state index in [1.54, 1.807) is 26.0 Å². The Morgan fingerprint density at radius 1 is 1.21 bits per heavy atom. The average molecular weight is 476 g/mol. The Morgan fingerprint density at radius 2 is 1.94 bits per heavy atom. The molecule has 11 heteroatoms. The molecule has 0 fully saturated rings. The molecule has 178 valence electrons. The first kappa shape index (κ1) is 23.3. The molecule has 1 atom stereocenters. The average Bonchev–Trinajstić information content (AvgIpc) is 3.39. The monoisotopic (exact) mass is 476 g/mol. The fourth-order valence-electron chi connectivity index (χ4n) is 3.44. The molecule has 1 aliphatic rings. The van der Waals surface area contributed by atoms with Crippen LogP contribution in [0.1, 0.15) is 28.9 Å². The number of aryl methyl sites for hydroxylation is 1. The van der Waals surface area contributed by atoms with Crippen LogP contribution in [0.5, 0.6) is 5.75 Å². The van der Waals surface area contributed by atoms with E-state index in [4.69, 9.17) is 9.57 Å². The second kappa shape index (κ2) is 9.16. The standard InChI is InChI=1S/C23H20F4N4O3/c1-13-21(28-22(32)20-11-19(30-34-20)15-6-8-17(24)9-7-15)14(2)31(29-13)12-33-18-5-3-4-16(10-18)23(25,26)27/h3-10,20H,11-12H2,1-2H3,(H,28,32). The summed E-state index contributed by atoms with van der Waals surface area (Å²) in [6.07, 6.45) is -5.14. The second-order valence-electron chi connectivity index (χ2n) is 7.68.